The van der Waals surface area contributed by atoms with Crippen LogP contribution in [0.15, 0.2) is 12.2 Å². The Hall–Kier alpha value is -0.790. The standard InChI is InChI=1S/C10H16O2/c1-7(2)8-5-3-4-6-9(8)10(11)12/h3-4,7-9H,5-6H2,1-2H3,(H,11,12)/t8-,9+/m1/s1. The van der Waals surface area contributed by atoms with Gasteiger partial charge in [0.25, 0.3) is 0 Å². The van der Waals surface area contributed by atoms with Gasteiger partial charge in [-0.2, -0.15) is 0 Å². The maximum absolute atomic E-state index is 10.8. The highest BCUT2D eigenvalue weighted by Crippen LogP contribution is 2.31. The molecule has 0 aromatic carbocycles. The minimum Gasteiger partial charge on any atom is -0.481 e. The third-order valence-corrected chi connectivity index (χ3v) is 2.66. The van der Waals surface area contributed by atoms with Crippen LogP contribution in [0.3, 0.4) is 0 Å². The monoisotopic (exact) mass is 168 g/mol. The Balaban J connectivity index is 2.69. The Morgan fingerprint density at radius 1 is 1.42 bits per heavy atom. The van der Waals surface area contributed by atoms with E-state index in [-0.39, 0.29) is 5.92 Å². The number of allylic oxidation sites excluding steroid dienone is 2. The summed E-state index contributed by atoms with van der Waals surface area (Å²) in [6.07, 6.45) is 5.72. The highest BCUT2D eigenvalue weighted by molar-refractivity contribution is 5.70. The first kappa shape index (κ1) is 9.30. The van der Waals surface area contributed by atoms with Gasteiger partial charge in [-0.05, 0) is 24.7 Å². The molecule has 2 atom stereocenters. The molecule has 0 saturated heterocycles. The van der Waals surface area contributed by atoms with Crippen LogP contribution in [-0.2, 0) is 4.79 Å². The summed E-state index contributed by atoms with van der Waals surface area (Å²) in [5.41, 5.74) is 0. The molecule has 0 radical (unpaired) electrons. The molecule has 1 aliphatic rings. The molecule has 2 heteroatoms. The Kier molecular flexibility index (Phi) is 2.90. The summed E-state index contributed by atoms with van der Waals surface area (Å²) < 4.78 is 0. The van der Waals surface area contributed by atoms with E-state index >= 15 is 0 Å². The van der Waals surface area contributed by atoms with Crippen molar-refractivity contribution in [3.8, 4) is 0 Å². The minimum absolute atomic E-state index is 0.157. The van der Waals surface area contributed by atoms with E-state index in [1.807, 2.05) is 6.08 Å². The molecule has 0 bridgehead atoms. The highest BCUT2D eigenvalue weighted by atomic mass is 16.4. The fraction of sp³-hybridized carbons (Fsp3) is 0.700. The molecule has 12 heavy (non-hydrogen) atoms. The summed E-state index contributed by atoms with van der Waals surface area (Å²) >= 11 is 0. The lowest BCUT2D eigenvalue weighted by molar-refractivity contribution is -0.144. The third kappa shape index (κ3) is 1.87. The van der Waals surface area contributed by atoms with Gasteiger partial charge in [0, 0.05) is 0 Å². The van der Waals surface area contributed by atoms with Gasteiger partial charge in [-0.1, -0.05) is 26.0 Å². The highest BCUT2D eigenvalue weighted by Gasteiger charge is 2.30. The van der Waals surface area contributed by atoms with Crippen LogP contribution in [0.2, 0.25) is 0 Å². The number of hydrogen-bond acceptors (Lipinski definition) is 1. The lowest BCUT2D eigenvalue weighted by Crippen LogP contribution is -2.28. The number of rotatable bonds is 2. The van der Waals surface area contributed by atoms with Crippen molar-refractivity contribution >= 4 is 5.97 Å². The Morgan fingerprint density at radius 2 is 2.00 bits per heavy atom. The van der Waals surface area contributed by atoms with Gasteiger partial charge < -0.3 is 5.11 Å². The zero-order valence-electron chi connectivity index (χ0n) is 7.66. The van der Waals surface area contributed by atoms with E-state index in [0.717, 1.165) is 6.42 Å². The molecule has 0 spiro atoms. The molecule has 0 saturated carbocycles. The van der Waals surface area contributed by atoms with Gasteiger partial charge in [0.2, 0.25) is 0 Å². The molecule has 0 aromatic rings. The Morgan fingerprint density at radius 3 is 2.42 bits per heavy atom. The zero-order chi connectivity index (χ0) is 9.14. The lowest BCUT2D eigenvalue weighted by atomic mass is 9.76. The first-order chi connectivity index (χ1) is 5.63. The van der Waals surface area contributed by atoms with Crippen LogP contribution in [0.25, 0.3) is 0 Å². The van der Waals surface area contributed by atoms with Gasteiger partial charge in [-0.15, -0.1) is 0 Å². The van der Waals surface area contributed by atoms with Gasteiger partial charge in [-0.3, -0.25) is 4.79 Å². The molecule has 1 aliphatic carbocycles. The van der Waals surface area contributed by atoms with E-state index in [1.165, 1.54) is 0 Å². The number of hydrogen-bond donors (Lipinski definition) is 1. The predicted octanol–water partition coefficient (Wildman–Crippen LogP) is 2.31. The van der Waals surface area contributed by atoms with E-state index in [9.17, 15) is 4.79 Å². The average molecular weight is 168 g/mol. The summed E-state index contributed by atoms with van der Waals surface area (Å²) in [7, 11) is 0. The summed E-state index contributed by atoms with van der Waals surface area (Å²) in [4.78, 5) is 10.8. The molecular formula is C10H16O2. The van der Waals surface area contributed by atoms with Gasteiger partial charge >= 0.3 is 5.97 Å². The van der Waals surface area contributed by atoms with Crippen molar-refractivity contribution in [2.24, 2.45) is 17.8 Å². The van der Waals surface area contributed by atoms with Crippen molar-refractivity contribution in [3.63, 3.8) is 0 Å². The fourth-order valence-corrected chi connectivity index (χ4v) is 1.86. The second-order valence-electron chi connectivity index (χ2n) is 3.80. The third-order valence-electron chi connectivity index (χ3n) is 2.66. The largest absolute Gasteiger partial charge is 0.481 e. The van der Waals surface area contributed by atoms with Crippen LogP contribution < -0.4 is 0 Å². The van der Waals surface area contributed by atoms with Gasteiger partial charge in [0.05, 0.1) is 5.92 Å². The molecule has 68 valence electrons. The van der Waals surface area contributed by atoms with E-state index in [4.69, 9.17) is 5.11 Å². The molecule has 0 amide bonds. The second kappa shape index (κ2) is 3.74. The molecule has 0 heterocycles. The first-order valence-electron chi connectivity index (χ1n) is 4.50. The van der Waals surface area contributed by atoms with Crippen LogP contribution in [0.4, 0.5) is 0 Å². The van der Waals surface area contributed by atoms with Gasteiger partial charge in [-0.25, -0.2) is 0 Å². The molecule has 0 fully saturated rings. The Labute approximate surface area is 73.3 Å². The number of aliphatic carboxylic acids is 1. The average Bonchev–Trinajstić information content (AvgIpc) is 2.04. The van der Waals surface area contributed by atoms with Gasteiger partial charge in [0.15, 0.2) is 0 Å². The van der Waals surface area contributed by atoms with Gasteiger partial charge in [0.1, 0.15) is 0 Å². The normalized spacial score (nSPS) is 29.2. The maximum Gasteiger partial charge on any atom is 0.307 e. The smallest absolute Gasteiger partial charge is 0.307 e. The second-order valence-corrected chi connectivity index (χ2v) is 3.80. The summed E-state index contributed by atoms with van der Waals surface area (Å²) in [6, 6.07) is 0. The molecule has 0 aliphatic heterocycles. The molecular weight excluding hydrogens is 152 g/mol. The van der Waals surface area contributed by atoms with Crippen LogP contribution in [0.1, 0.15) is 26.7 Å². The van der Waals surface area contributed by atoms with Crippen LogP contribution in [0, 0.1) is 17.8 Å². The zero-order valence-corrected chi connectivity index (χ0v) is 7.66. The van der Waals surface area contributed by atoms with Crippen LogP contribution in [0.5, 0.6) is 0 Å². The SMILES string of the molecule is CC(C)[C@H]1CC=CC[C@@H]1C(=O)O. The topological polar surface area (TPSA) is 37.3 Å². The number of carbonyl (C=O) groups is 1. The number of carboxylic acids is 1. The van der Waals surface area contributed by atoms with Crippen LogP contribution in [-0.4, -0.2) is 11.1 Å². The lowest BCUT2D eigenvalue weighted by Gasteiger charge is -2.28. The first-order valence-corrected chi connectivity index (χ1v) is 4.50. The van der Waals surface area contributed by atoms with Crippen molar-refractivity contribution in [2.45, 2.75) is 26.7 Å². The molecule has 1 N–H and O–H groups in total. The maximum atomic E-state index is 10.8. The minimum atomic E-state index is -0.641. The van der Waals surface area contributed by atoms with Crippen LogP contribution >= 0.6 is 0 Å². The van der Waals surface area contributed by atoms with E-state index in [1.54, 1.807) is 0 Å². The molecule has 0 aromatic heterocycles. The quantitative estimate of drug-likeness (QED) is 0.642. The number of carboxylic acid groups (broad SMARTS) is 1. The summed E-state index contributed by atoms with van der Waals surface area (Å²) in [5, 5.41) is 8.92. The van der Waals surface area contributed by atoms with E-state index in [2.05, 4.69) is 19.9 Å². The van der Waals surface area contributed by atoms with E-state index < -0.39 is 5.97 Å². The summed E-state index contributed by atoms with van der Waals surface area (Å²) in [6.45, 7) is 4.19. The Bertz CT molecular complexity index is 194. The van der Waals surface area contributed by atoms with Crippen molar-refractivity contribution in [1.82, 2.24) is 0 Å². The fourth-order valence-electron chi connectivity index (χ4n) is 1.86. The van der Waals surface area contributed by atoms with Crippen molar-refractivity contribution in [3.05, 3.63) is 12.2 Å². The van der Waals surface area contributed by atoms with Crippen molar-refractivity contribution in [2.75, 3.05) is 0 Å². The molecule has 2 nitrogen and oxygen atoms in total. The molecule has 1 rings (SSSR count). The van der Waals surface area contributed by atoms with Crippen molar-refractivity contribution in [1.29, 1.82) is 0 Å². The summed E-state index contributed by atoms with van der Waals surface area (Å²) in [5.74, 6) is -0.00315. The van der Waals surface area contributed by atoms with E-state index in [0.29, 0.717) is 18.3 Å². The van der Waals surface area contributed by atoms with Crippen molar-refractivity contribution < 1.29 is 9.90 Å². The predicted molar refractivity (Wildman–Crippen MR) is 47.8 cm³/mol. The molecule has 0 unspecified atom stereocenters.